The molecule has 6 heteroatoms. The molecule has 124 valence electrons. The van der Waals surface area contributed by atoms with E-state index in [1.165, 1.54) is 11.3 Å². The lowest BCUT2D eigenvalue weighted by Crippen LogP contribution is -2.13. The Morgan fingerprint density at radius 2 is 1.56 bits per heavy atom. The van der Waals surface area contributed by atoms with Crippen molar-refractivity contribution in [2.24, 2.45) is 0 Å². The number of hydrogen-bond acceptors (Lipinski definition) is 4. The van der Waals surface area contributed by atoms with Crippen LogP contribution in [-0.4, -0.2) is 13.4 Å². The summed E-state index contributed by atoms with van der Waals surface area (Å²) in [5, 5.41) is 3.77. The van der Waals surface area contributed by atoms with Gasteiger partial charge in [-0.25, -0.2) is 13.4 Å². The molecule has 0 radical (unpaired) electrons. The number of thiazole rings is 1. The van der Waals surface area contributed by atoms with E-state index >= 15 is 0 Å². The number of aromatic nitrogens is 1. The van der Waals surface area contributed by atoms with Crippen LogP contribution >= 0.6 is 11.3 Å². The maximum absolute atomic E-state index is 12.8. The Kier molecular flexibility index (Phi) is 3.99. The van der Waals surface area contributed by atoms with Crippen LogP contribution in [0.5, 0.6) is 0 Å². The minimum atomic E-state index is -3.71. The van der Waals surface area contributed by atoms with Gasteiger partial charge >= 0.3 is 0 Å². The van der Waals surface area contributed by atoms with E-state index in [0.29, 0.717) is 10.5 Å². The van der Waals surface area contributed by atoms with Crippen molar-refractivity contribution in [2.75, 3.05) is 4.72 Å². The molecule has 0 saturated heterocycles. The molecule has 0 fully saturated rings. The van der Waals surface area contributed by atoms with Gasteiger partial charge in [0.1, 0.15) is 0 Å². The lowest BCUT2D eigenvalue weighted by Gasteiger charge is -2.08. The van der Waals surface area contributed by atoms with E-state index in [2.05, 4.69) is 9.71 Å². The first-order chi connectivity index (χ1) is 12.1. The molecule has 25 heavy (non-hydrogen) atoms. The van der Waals surface area contributed by atoms with E-state index < -0.39 is 10.0 Å². The van der Waals surface area contributed by atoms with Gasteiger partial charge in [-0.2, -0.15) is 0 Å². The maximum atomic E-state index is 12.8. The molecule has 0 atom stereocenters. The summed E-state index contributed by atoms with van der Waals surface area (Å²) in [4.78, 5) is 4.65. The fourth-order valence-corrected chi connectivity index (χ4v) is 4.87. The van der Waals surface area contributed by atoms with Gasteiger partial charge in [0.2, 0.25) is 0 Å². The standard InChI is InChI=1S/C19H14N2O2S2/c22-25(23,18-12-6-10-14-7-4-5-11-16(14)18)21-19-20-17(13-24-19)15-8-2-1-3-9-15/h1-13H,(H,20,21). The number of fused-ring (bicyclic) bond motifs is 1. The van der Waals surface area contributed by atoms with Crippen molar-refractivity contribution in [3.63, 3.8) is 0 Å². The molecule has 0 bridgehead atoms. The van der Waals surface area contributed by atoms with Crippen molar-refractivity contribution < 1.29 is 8.42 Å². The predicted octanol–water partition coefficient (Wildman–Crippen LogP) is 4.76. The second kappa shape index (κ2) is 6.31. The third-order valence-corrected chi connectivity index (χ3v) is 6.12. The van der Waals surface area contributed by atoms with Crippen molar-refractivity contribution in [3.8, 4) is 11.3 Å². The average Bonchev–Trinajstić information content (AvgIpc) is 3.10. The lowest BCUT2D eigenvalue weighted by atomic mass is 10.1. The molecular weight excluding hydrogens is 352 g/mol. The molecule has 0 amide bonds. The van der Waals surface area contributed by atoms with Crippen molar-refractivity contribution in [3.05, 3.63) is 78.2 Å². The summed E-state index contributed by atoms with van der Waals surface area (Å²) in [6.07, 6.45) is 0. The minimum absolute atomic E-state index is 0.252. The van der Waals surface area contributed by atoms with Crippen molar-refractivity contribution in [1.82, 2.24) is 4.98 Å². The Hall–Kier alpha value is -2.70. The second-order valence-electron chi connectivity index (χ2n) is 5.49. The Morgan fingerprint density at radius 3 is 2.40 bits per heavy atom. The number of nitrogens with zero attached hydrogens (tertiary/aromatic N) is 1. The van der Waals surface area contributed by atoms with Gasteiger partial charge in [0.25, 0.3) is 10.0 Å². The van der Waals surface area contributed by atoms with Crippen LogP contribution in [0.25, 0.3) is 22.0 Å². The smallest absolute Gasteiger partial charge is 0.255 e. The van der Waals surface area contributed by atoms with Crippen LogP contribution in [0.15, 0.2) is 83.1 Å². The SMILES string of the molecule is O=S(=O)(Nc1nc(-c2ccccc2)cs1)c1cccc2ccccc12. The summed E-state index contributed by atoms with van der Waals surface area (Å²) in [6.45, 7) is 0. The van der Waals surface area contributed by atoms with Crippen molar-refractivity contribution in [1.29, 1.82) is 0 Å². The van der Waals surface area contributed by atoms with Gasteiger partial charge in [-0.3, -0.25) is 4.72 Å². The molecule has 0 saturated carbocycles. The zero-order valence-electron chi connectivity index (χ0n) is 13.1. The summed E-state index contributed by atoms with van der Waals surface area (Å²) in [7, 11) is -3.71. The highest BCUT2D eigenvalue weighted by molar-refractivity contribution is 7.93. The highest BCUT2D eigenvalue weighted by Gasteiger charge is 2.19. The van der Waals surface area contributed by atoms with Crippen molar-refractivity contribution in [2.45, 2.75) is 4.90 Å². The predicted molar refractivity (Wildman–Crippen MR) is 102 cm³/mol. The summed E-state index contributed by atoms with van der Waals surface area (Å²) < 4.78 is 28.2. The molecule has 0 aliphatic rings. The van der Waals surface area contributed by atoms with Gasteiger partial charge in [0, 0.05) is 16.3 Å². The largest absolute Gasteiger partial charge is 0.264 e. The van der Waals surface area contributed by atoms with Crippen LogP contribution < -0.4 is 4.72 Å². The first-order valence-electron chi connectivity index (χ1n) is 7.65. The molecule has 0 spiro atoms. The number of benzene rings is 3. The fraction of sp³-hybridized carbons (Fsp3) is 0. The summed E-state index contributed by atoms with van der Waals surface area (Å²) in [6, 6.07) is 22.3. The highest BCUT2D eigenvalue weighted by atomic mass is 32.2. The van der Waals surface area contributed by atoms with E-state index in [9.17, 15) is 8.42 Å². The Balaban J connectivity index is 1.69. The van der Waals surface area contributed by atoms with Gasteiger partial charge in [0.05, 0.1) is 10.6 Å². The molecule has 1 heterocycles. The first kappa shape index (κ1) is 15.8. The van der Waals surface area contributed by atoms with Crippen LogP contribution in [0.1, 0.15) is 0 Å². The van der Waals surface area contributed by atoms with Crippen LogP contribution in [0.3, 0.4) is 0 Å². The summed E-state index contributed by atoms with van der Waals surface area (Å²) in [5.41, 5.74) is 1.70. The van der Waals surface area contributed by atoms with E-state index in [4.69, 9.17) is 0 Å². The topological polar surface area (TPSA) is 59.1 Å². The monoisotopic (exact) mass is 366 g/mol. The molecule has 4 aromatic rings. The van der Waals surface area contributed by atoms with Gasteiger partial charge in [-0.15, -0.1) is 11.3 Å². The highest BCUT2D eigenvalue weighted by Crippen LogP contribution is 2.28. The zero-order valence-corrected chi connectivity index (χ0v) is 14.7. The molecule has 0 aliphatic heterocycles. The average molecular weight is 366 g/mol. The first-order valence-corrected chi connectivity index (χ1v) is 10.0. The second-order valence-corrected chi connectivity index (χ2v) is 8.00. The molecule has 1 aromatic heterocycles. The normalized spacial score (nSPS) is 11.5. The number of anilines is 1. The third-order valence-electron chi connectivity index (χ3n) is 3.83. The van der Waals surface area contributed by atoms with E-state index in [0.717, 1.165) is 16.6 Å². The fourth-order valence-electron chi connectivity index (χ4n) is 2.66. The number of hydrogen-bond donors (Lipinski definition) is 1. The summed E-state index contributed by atoms with van der Waals surface area (Å²) >= 11 is 1.27. The molecular formula is C19H14N2O2S2. The molecule has 0 aliphatic carbocycles. The van der Waals surface area contributed by atoms with Gasteiger partial charge in [-0.05, 0) is 11.5 Å². The Labute approximate surface area is 149 Å². The number of rotatable bonds is 4. The van der Waals surface area contributed by atoms with Gasteiger partial charge in [0.15, 0.2) is 5.13 Å². The van der Waals surface area contributed by atoms with Gasteiger partial charge in [-0.1, -0.05) is 66.7 Å². The Bertz CT molecular complexity index is 1130. The zero-order chi connectivity index (χ0) is 17.3. The molecule has 0 unspecified atom stereocenters. The minimum Gasteiger partial charge on any atom is -0.255 e. The van der Waals surface area contributed by atoms with E-state index in [1.807, 2.05) is 60.0 Å². The molecule has 3 aromatic carbocycles. The van der Waals surface area contributed by atoms with Crippen LogP contribution in [-0.2, 0) is 10.0 Å². The van der Waals surface area contributed by atoms with E-state index in [-0.39, 0.29) is 4.90 Å². The Morgan fingerprint density at radius 1 is 0.840 bits per heavy atom. The number of sulfonamides is 1. The summed E-state index contributed by atoms with van der Waals surface area (Å²) in [5.74, 6) is 0. The van der Waals surface area contributed by atoms with Crippen LogP contribution in [0.4, 0.5) is 5.13 Å². The van der Waals surface area contributed by atoms with Crippen LogP contribution in [0, 0.1) is 0 Å². The third kappa shape index (κ3) is 3.14. The van der Waals surface area contributed by atoms with Gasteiger partial charge < -0.3 is 0 Å². The van der Waals surface area contributed by atoms with Crippen LogP contribution in [0.2, 0.25) is 0 Å². The molecule has 4 rings (SSSR count). The number of nitrogens with one attached hydrogen (secondary N) is 1. The lowest BCUT2D eigenvalue weighted by molar-refractivity contribution is 0.602. The van der Waals surface area contributed by atoms with Crippen molar-refractivity contribution >= 4 is 37.3 Å². The quantitative estimate of drug-likeness (QED) is 0.566. The molecule has 4 nitrogen and oxygen atoms in total. The maximum Gasteiger partial charge on any atom is 0.264 e. The van der Waals surface area contributed by atoms with E-state index in [1.54, 1.807) is 18.2 Å². The molecule has 1 N–H and O–H groups in total.